The van der Waals surface area contributed by atoms with Gasteiger partial charge in [0.05, 0.1) is 10.5 Å². The minimum atomic E-state index is -0.509. The van der Waals surface area contributed by atoms with Gasteiger partial charge in [0.25, 0.3) is 11.6 Å². The second-order valence-electron chi connectivity index (χ2n) is 5.49. The summed E-state index contributed by atoms with van der Waals surface area (Å²) in [6.45, 7) is 1.58. The number of non-ortho nitro benzene ring substituents is 1. The van der Waals surface area contributed by atoms with Gasteiger partial charge in [0.2, 0.25) is 0 Å². The summed E-state index contributed by atoms with van der Waals surface area (Å²) in [5.41, 5.74) is 1.49. The van der Waals surface area contributed by atoms with E-state index in [1.807, 2.05) is 36.4 Å². The maximum absolute atomic E-state index is 12.2. The number of hydrogen-bond donors (Lipinski definition) is 1. The van der Waals surface area contributed by atoms with Gasteiger partial charge in [0, 0.05) is 18.7 Å². The van der Waals surface area contributed by atoms with Gasteiger partial charge in [0.15, 0.2) is 5.78 Å². The van der Waals surface area contributed by atoms with E-state index in [0.29, 0.717) is 5.56 Å². The summed E-state index contributed by atoms with van der Waals surface area (Å²) in [6, 6.07) is 15.3. The molecule has 2 aromatic rings. The van der Waals surface area contributed by atoms with Crippen LogP contribution in [0.15, 0.2) is 66.2 Å². The lowest BCUT2D eigenvalue weighted by Crippen LogP contribution is -2.27. The van der Waals surface area contributed by atoms with Crippen molar-refractivity contribution in [3.8, 4) is 0 Å². The molecule has 0 spiro atoms. The van der Waals surface area contributed by atoms with Gasteiger partial charge in [-0.25, -0.2) is 0 Å². The zero-order valence-electron chi connectivity index (χ0n) is 14.2. The van der Waals surface area contributed by atoms with Crippen LogP contribution in [0.2, 0.25) is 0 Å². The van der Waals surface area contributed by atoms with Crippen LogP contribution in [0, 0.1) is 10.1 Å². The second-order valence-corrected chi connectivity index (χ2v) is 5.49. The molecule has 1 amide bonds. The molecule has 0 aliphatic rings. The van der Waals surface area contributed by atoms with Gasteiger partial charge in [-0.1, -0.05) is 42.5 Å². The molecule has 0 aromatic heterocycles. The van der Waals surface area contributed by atoms with E-state index in [-0.39, 0.29) is 23.6 Å². The maximum atomic E-state index is 12.2. The number of nitrogens with one attached hydrogen (secondary N) is 1. The quantitative estimate of drug-likeness (QED) is 0.272. The normalized spacial score (nSPS) is 11.3. The summed E-state index contributed by atoms with van der Waals surface area (Å²) in [6.07, 6.45) is 5.08. The fraction of sp³-hybridized carbons (Fsp3) is 0.100. The first-order chi connectivity index (χ1) is 12.5. The molecule has 6 nitrogen and oxygen atoms in total. The summed E-state index contributed by atoms with van der Waals surface area (Å²) in [7, 11) is 0. The number of carbonyl (C=O) groups excluding carboxylic acids is 2. The molecule has 2 rings (SSSR count). The monoisotopic (exact) mass is 350 g/mol. The lowest BCUT2D eigenvalue weighted by molar-refractivity contribution is -0.384. The van der Waals surface area contributed by atoms with Crippen molar-refractivity contribution in [3.05, 3.63) is 87.5 Å². The van der Waals surface area contributed by atoms with Crippen molar-refractivity contribution in [2.75, 3.05) is 6.54 Å². The minimum absolute atomic E-state index is 0.00744. The lowest BCUT2D eigenvalue weighted by Gasteiger charge is -2.05. The number of Topliss-reactive ketones (excluding diaryl/α,β-unsaturated/α-hetero) is 1. The van der Waals surface area contributed by atoms with Crippen molar-refractivity contribution in [2.24, 2.45) is 0 Å². The highest BCUT2D eigenvalue weighted by Crippen LogP contribution is 2.15. The Morgan fingerprint density at radius 1 is 1.04 bits per heavy atom. The van der Waals surface area contributed by atoms with Gasteiger partial charge in [-0.05, 0) is 36.3 Å². The van der Waals surface area contributed by atoms with E-state index in [2.05, 4.69) is 5.32 Å². The zero-order valence-corrected chi connectivity index (χ0v) is 14.2. The molecule has 0 heterocycles. The molecular formula is C20H18N2O4. The highest BCUT2D eigenvalue weighted by molar-refractivity contribution is 6.21. The fourth-order valence-electron chi connectivity index (χ4n) is 2.19. The van der Waals surface area contributed by atoms with Crippen LogP contribution in [0.1, 0.15) is 18.1 Å². The Morgan fingerprint density at radius 2 is 1.69 bits per heavy atom. The van der Waals surface area contributed by atoms with Crippen LogP contribution in [0.3, 0.4) is 0 Å². The van der Waals surface area contributed by atoms with Gasteiger partial charge in [-0.3, -0.25) is 19.7 Å². The van der Waals surface area contributed by atoms with E-state index >= 15 is 0 Å². The maximum Gasteiger partial charge on any atom is 0.269 e. The standard InChI is InChI=1S/C20H18N2O4/c1-15(23)19(14-17-9-11-18(12-10-17)22(25)26)20(24)21-13-5-8-16-6-3-2-4-7-16/h2-12,14H,13H2,1H3,(H,21,24)/b8-5+,19-14-. The summed E-state index contributed by atoms with van der Waals surface area (Å²) in [5.74, 6) is -0.874. The van der Waals surface area contributed by atoms with Crippen LogP contribution in [0.4, 0.5) is 5.69 Å². The molecule has 0 saturated heterocycles. The molecule has 0 fully saturated rings. The number of carbonyl (C=O) groups is 2. The van der Waals surface area contributed by atoms with Gasteiger partial charge in [0.1, 0.15) is 0 Å². The Kier molecular flexibility index (Phi) is 6.56. The second kappa shape index (κ2) is 9.08. The average molecular weight is 350 g/mol. The topological polar surface area (TPSA) is 89.3 Å². The Balaban J connectivity index is 2.03. The number of ketones is 1. The molecule has 0 aliphatic heterocycles. The van der Waals surface area contributed by atoms with Gasteiger partial charge >= 0.3 is 0 Å². The highest BCUT2D eigenvalue weighted by Gasteiger charge is 2.14. The van der Waals surface area contributed by atoms with E-state index in [0.717, 1.165) is 5.56 Å². The van der Waals surface area contributed by atoms with E-state index in [1.165, 1.54) is 37.3 Å². The third kappa shape index (κ3) is 5.52. The summed E-state index contributed by atoms with van der Waals surface area (Å²) < 4.78 is 0. The molecule has 2 aromatic carbocycles. The Labute approximate surface area is 151 Å². The lowest BCUT2D eigenvalue weighted by atomic mass is 10.1. The van der Waals surface area contributed by atoms with Crippen LogP contribution in [-0.2, 0) is 9.59 Å². The number of amides is 1. The Bertz CT molecular complexity index is 853. The summed E-state index contributed by atoms with van der Waals surface area (Å²) in [5, 5.41) is 13.3. The van der Waals surface area contributed by atoms with Crippen LogP contribution >= 0.6 is 0 Å². The predicted octanol–water partition coefficient (Wildman–Crippen LogP) is 3.40. The first kappa shape index (κ1) is 18.8. The fourth-order valence-corrected chi connectivity index (χ4v) is 2.19. The Hall–Kier alpha value is -3.54. The molecule has 0 atom stereocenters. The average Bonchev–Trinajstić information content (AvgIpc) is 2.64. The molecule has 0 unspecified atom stereocenters. The number of rotatable bonds is 7. The summed E-state index contributed by atoms with van der Waals surface area (Å²) in [4.78, 5) is 34.2. The van der Waals surface area contributed by atoms with Crippen molar-refractivity contribution >= 4 is 29.5 Å². The molecule has 6 heteroatoms. The Morgan fingerprint density at radius 3 is 2.27 bits per heavy atom. The SMILES string of the molecule is CC(=O)/C(=C/c1ccc([N+](=O)[O-])cc1)C(=O)NC/C=C/c1ccccc1. The molecule has 0 saturated carbocycles. The summed E-state index contributed by atoms with van der Waals surface area (Å²) >= 11 is 0. The van der Waals surface area contributed by atoms with E-state index in [1.54, 1.807) is 6.08 Å². The first-order valence-electron chi connectivity index (χ1n) is 7.94. The zero-order chi connectivity index (χ0) is 18.9. The molecule has 132 valence electrons. The van der Waals surface area contributed by atoms with Gasteiger partial charge in [-0.15, -0.1) is 0 Å². The van der Waals surface area contributed by atoms with E-state index < -0.39 is 10.8 Å². The molecular weight excluding hydrogens is 332 g/mol. The van der Waals surface area contributed by atoms with Crippen molar-refractivity contribution in [1.29, 1.82) is 0 Å². The first-order valence-corrected chi connectivity index (χ1v) is 7.94. The van der Waals surface area contributed by atoms with Crippen molar-refractivity contribution in [3.63, 3.8) is 0 Å². The largest absolute Gasteiger partial charge is 0.348 e. The minimum Gasteiger partial charge on any atom is -0.348 e. The third-order valence-electron chi connectivity index (χ3n) is 3.53. The number of nitrogens with zero attached hydrogens (tertiary/aromatic N) is 1. The third-order valence-corrected chi connectivity index (χ3v) is 3.53. The van der Waals surface area contributed by atoms with Gasteiger partial charge < -0.3 is 5.32 Å². The number of hydrogen-bond acceptors (Lipinski definition) is 4. The highest BCUT2D eigenvalue weighted by atomic mass is 16.6. The molecule has 0 bridgehead atoms. The van der Waals surface area contributed by atoms with Crippen molar-refractivity contribution in [2.45, 2.75) is 6.92 Å². The number of nitro groups is 1. The predicted molar refractivity (Wildman–Crippen MR) is 100 cm³/mol. The van der Waals surface area contributed by atoms with Crippen molar-refractivity contribution < 1.29 is 14.5 Å². The van der Waals surface area contributed by atoms with Gasteiger partial charge in [-0.2, -0.15) is 0 Å². The molecule has 26 heavy (non-hydrogen) atoms. The van der Waals surface area contributed by atoms with E-state index in [9.17, 15) is 19.7 Å². The number of benzene rings is 2. The molecule has 1 N–H and O–H groups in total. The molecule has 0 radical (unpaired) electrons. The van der Waals surface area contributed by atoms with Crippen LogP contribution in [0.25, 0.3) is 12.2 Å². The molecule has 0 aliphatic carbocycles. The van der Waals surface area contributed by atoms with Crippen molar-refractivity contribution in [1.82, 2.24) is 5.32 Å². The number of nitro benzene ring substituents is 1. The van der Waals surface area contributed by atoms with E-state index in [4.69, 9.17) is 0 Å². The van der Waals surface area contributed by atoms with Crippen LogP contribution in [-0.4, -0.2) is 23.2 Å². The van der Waals surface area contributed by atoms with Crippen LogP contribution in [0.5, 0.6) is 0 Å². The smallest absolute Gasteiger partial charge is 0.269 e. The van der Waals surface area contributed by atoms with Crippen LogP contribution < -0.4 is 5.32 Å².